The van der Waals surface area contributed by atoms with Crippen LogP contribution in [0, 0.1) is 0 Å². The van der Waals surface area contributed by atoms with E-state index in [1.165, 1.54) is 5.56 Å². The smallest absolute Gasteiger partial charge is 0.136 e. The Hall–Kier alpha value is -1.80. The molecule has 0 aromatic heterocycles. The van der Waals surface area contributed by atoms with Crippen LogP contribution >= 0.6 is 0 Å². The van der Waals surface area contributed by atoms with Crippen LogP contribution in [0.5, 0.6) is 5.75 Å². The molecule has 0 aliphatic rings. The Balaban J connectivity index is 2.10. The van der Waals surface area contributed by atoms with Crippen LogP contribution in [0.1, 0.15) is 18.6 Å². The summed E-state index contributed by atoms with van der Waals surface area (Å²) in [7, 11) is 0. The van der Waals surface area contributed by atoms with E-state index in [0.29, 0.717) is 0 Å². The van der Waals surface area contributed by atoms with Crippen molar-refractivity contribution in [2.75, 3.05) is 13.1 Å². The van der Waals surface area contributed by atoms with Crippen LogP contribution in [0.2, 0.25) is 0 Å². The third-order valence-corrected chi connectivity index (χ3v) is 2.77. The second-order valence-electron chi connectivity index (χ2n) is 4.14. The molecule has 1 N–H and O–H groups in total. The molecule has 0 aliphatic carbocycles. The van der Waals surface area contributed by atoms with Crippen molar-refractivity contribution in [3.05, 3.63) is 66.2 Å². The molecule has 0 saturated heterocycles. The van der Waals surface area contributed by atoms with Gasteiger partial charge in [0, 0.05) is 6.54 Å². The quantitative estimate of drug-likeness (QED) is 0.836. The Labute approximate surface area is 109 Å². The molecule has 18 heavy (non-hydrogen) atoms. The van der Waals surface area contributed by atoms with Crippen molar-refractivity contribution in [2.45, 2.75) is 13.0 Å². The topological polar surface area (TPSA) is 21.3 Å². The molecular weight excluding hydrogens is 222 g/mol. The lowest BCUT2D eigenvalue weighted by molar-refractivity contribution is 0.202. The van der Waals surface area contributed by atoms with E-state index in [1.807, 2.05) is 48.5 Å². The molecule has 0 bridgehead atoms. The van der Waals surface area contributed by atoms with Gasteiger partial charge in [-0.25, -0.2) is 0 Å². The zero-order valence-corrected chi connectivity index (χ0v) is 10.7. The Morgan fingerprint density at radius 2 is 1.56 bits per heavy atom. The number of benzene rings is 2. The van der Waals surface area contributed by atoms with Crippen LogP contribution in [0.3, 0.4) is 0 Å². The average molecular weight is 241 g/mol. The van der Waals surface area contributed by atoms with E-state index in [-0.39, 0.29) is 6.10 Å². The summed E-state index contributed by atoms with van der Waals surface area (Å²) >= 11 is 0. The highest BCUT2D eigenvalue weighted by atomic mass is 16.5. The molecule has 2 heteroatoms. The Morgan fingerprint density at radius 3 is 2.17 bits per heavy atom. The molecule has 0 heterocycles. The summed E-state index contributed by atoms with van der Waals surface area (Å²) in [5.74, 6) is 0.907. The van der Waals surface area contributed by atoms with Gasteiger partial charge in [0.05, 0.1) is 0 Å². The van der Waals surface area contributed by atoms with E-state index in [9.17, 15) is 0 Å². The molecule has 0 fully saturated rings. The minimum absolute atomic E-state index is 0.0496. The van der Waals surface area contributed by atoms with E-state index in [4.69, 9.17) is 4.74 Å². The molecule has 2 rings (SSSR count). The fraction of sp³-hybridized carbons (Fsp3) is 0.250. The van der Waals surface area contributed by atoms with Crippen LogP contribution in [0.25, 0.3) is 0 Å². The van der Waals surface area contributed by atoms with Crippen LogP contribution in [-0.4, -0.2) is 13.1 Å². The molecule has 1 unspecified atom stereocenters. The van der Waals surface area contributed by atoms with Gasteiger partial charge in [-0.15, -0.1) is 0 Å². The normalized spacial score (nSPS) is 12.1. The maximum absolute atomic E-state index is 6.04. The van der Waals surface area contributed by atoms with Gasteiger partial charge in [-0.05, 0) is 24.2 Å². The molecule has 2 aromatic rings. The lowest BCUT2D eigenvalue weighted by Gasteiger charge is -2.20. The first-order valence-electron chi connectivity index (χ1n) is 6.37. The van der Waals surface area contributed by atoms with Crippen molar-refractivity contribution in [1.82, 2.24) is 5.32 Å². The standard InChI is InChI=1S/C16H19NO/c1-2-17-13-16(14-9-5-3-6-10-14)18-15-11-7-4-8-12-15/h3-12,16-17H,2,13H2,1H3. The second-order valence-corrected chi connectivity index (χ2v) is 4.14. The summed E-state index contributed by atoms with van der Waals surface area (Å²) in [6.45, 7) is 3.86. The summed E-state index contributed by atoms with van der Waals surface area (Å²) in [6.07, 6.45) is 0.0496. The van der Waals surface area contributed by atoms with Crippen molar-refractivity contribution >= 4 is 0 Å². The largest absolute Gasteiger partial charge is 0.484 e. The van der Waals surface area contributed by atoms with Crippen molar-refractivity contribution < 1.29 is 4.74 Å². The number of rotatable bonds is 6. The van der Waals surface area contributed by atoms with Crippen molar-refractivity contribution in [2.24, 2.45) is 0 Å². The summed E-state index contributed by atoms with van der Waals surface area (Å²) < 4.78 is 6.04. The highest BCUT2D eigenvalue weighted by Gasteiger charge is 2.12. The van der Waals surface area contributed by atoms with Gasteiger partial charge in [0.1, 0.15) is 11.9 Å². The fourth-order valence-electron chi connectivity index (χ4n) is 1.83. The zero-order valence-electron chi connectivity index (χ0n) is 10.7. The van der Waals surface area contributed by atoms with E-state index in [0.717, 1.165) is 18.8 Å². The SMILES string of the molecule is CCNCC(Oc1ccccc1)c1ccccc1. The first-order chi connectivity index (χ1) is 8.90. The van der Waals surface area contributed by atoms with Gasteiger partial charge in [-0.2, -0.15) is 0 Å². The number of hydrogen-bond acceptors (Lipinski definition) is 2. The van der Waals surface area contributed by atoms with E-state index in [1.54, 1.807) is 0 Å². The molecule has 2 aromatic carbocycles. The number of nitrogens with one attached hydrogen (secondary N) is 1. The Bertz CT molecular complexity index is 441. The highest BCUT2D eigenvalue weighted by Crippen LogP contribution is 2.20. The van der Waals surface area contributed by atoms with Gasteiger partial charge in [-0.3, -0.25) is 0 Å². The minimum Gasteiger partial charge on any atom is -0.484 e. The molecule has 0 aliphatic heterocycles. The van der Waals surface area contributed by atoms with Crippen LogP contribution in [0.15, 0.2) is 60.7 Å². The van der Waals surface area contributed by atoms with Gasteiger partial charge in [0.2, 0.25) is 0 Å². The predicted molar refractivity (Wildman–Crippen MR) is 74.8 cm³/mol. The van der Waals surface area contributed by atoms with Crippen molar-refractivity contribution in [1.29, 1.82) is 0 Å². The average Bonchev–Trinajstić information content (AvgIpc) is 2.45. The maximum atomic E-state index is 6.04. The third-order valence-electron chi connectivity index (χ3n) is 2.77. The Morgan fingerprint density at radius 1 is 0.944 bits per heavy atom. The lowest BCUT2D eigenvalue weighted by Crippen LogP contribution is -2.24. The summed E-state index contributed by atoms with van der Waals surface area (Å²) in [6, 6.07) is 20.3. The Kier molecular flexibility index (Phi) is 4.79. The summed E-state index contributed by atoms with van der Waals surface area (Å²) in [4.78, 5) is 0. The van der Waals surface area contributed by atoms with Crippen LogP contribution in [-0.2, 0) is 0 Å². The third kappa shape index (κ3) is 3.60. The number of hydrogen-bond donors (Lipinski definition) is 1. The molecule has 2 nitrogen and oxygen atoms in total. The zero-order chi connectivity index (χ0) is 12.6. The molecule has 0 amide bonds. The number of ether oxygens (including phenoxy) is 1. The molecule has 0 spiro atoms. The summed E-state index contributed by atoms with van der Waals surface area (Å²) in [5.41, 5.74) is 1.20. The van der Waals surface area contributed by atoms with E-state index < -0.39 is 0 Å². The van der Waals surface area contributed by atoms with Gasteiger partial charge >= 0.3 is 0 Å². The maximum Gasteiger partial charge on any atom is 0.136 e. The van der Waals surface area contributed by atoms with E-state index in [2.05, 4.69) is 24.4 Å². The molecule has 0 saturated carbocycles. The van der Waals surface area contributed by atoms with Crippen LogP contribution in [0.4, 0.5) is 0 Å². The number of para-hydroxylation sites is 1. The van der Waals surface area contributed by atoms with Gasteiger partial charge < -0.3 is 10.1 Å². The predicted octanol–water partition coefficient (Wildman–Crippen LogP) is 3.42. The van der Waals surface area contributed by atoms with E-state index >= 15 is 0 Å². The lowest BCUT2D eigenvalue weighted by atomic mass is 10.1. The second kappa shape index (κ2) is 6.82. The van der Waals surface area contributed by atoms with Crippen LogP contribution < -0.4 is 10.1 Å². The molecule has 94 valence electrons. The van der Waals surface area contributed by atoms with Crippen molar-refractivity contribution in [3.63, 3.8) is 0 Å². The van der Waals surface area contributed by atoms with Gasteiger partial charge in [0.15, 0.2) is 0 Å². The molecular formula is C16H19NO. The van der Waals surface area contributed by atoms with Gasteiger partial charge in [-0.1, -0.05) is 55.5 Å². The number of likely N-dealkylation sites (N-methyl/N-ethyl adjacent to an activating group) is 1. The monoisotopic (exact) mass is 241 g/mol. The first-order valence-corrected chi connectivity index (χ1v) is 6.37. The molecule has 0 radical (unpaired) electrons. The summed E-state index contributed by atoms with van der Waals surface area (Å²) in [5, 5.41) is 3.34. The molecule has 1 atom stereocenters. The van der Waals surface area contributed by atoms with Gasteiger partial charge in [0.25, 0.3) is 0 Å². The van der Waals surface area contributed by atoms with Crippen molar-refractivity contribution in [3.8, 4) is 5.75 Å². The fourth-order valence-corrected chi connectivity index (χ4v) is 1.83. The minimum atomic E-state index is 0.0496. The highest BCUT2D eigenvalue weighted by molar-refractivity contribution is 5.24. The first kappa shape index (κ1) is 12.7.